The average Bonchev–Trinajstić information content (AvgIpc) is 4.03. The predicted octanol–water partition coefficient (Wildman–Crippen LogP) is 11.8. The molecule has 7 heteroatoms. The van der Waals surface area contributed by atoms with Gasteiger partial charge in [-0.3, -0.25) is 0 Å². The van der Waals surface area contributed by atoms with Gasteiger partial charge in [0, 0.05) is 66.6 Å². The molecule has 0 N–H and O–H groups in total. The van der Waals surface area contributed by atoms with E-state index in [0.29, 0.717) is 0 Å². The fourth-order valence-electron chi connectivity index (χ4n) is 13.2. The first-order valence-corrected chi connectivity index (χ1v) is 23.3. The number of fused-ring (bicyclic) bond motifs is 17. The molecule has 0 radical (unpaired) electrons. The van der Waals surface area contributed by atoms with E-state index < -0.39 is 0 Å². The third kappa shape index (κ3) is 4.16. The third-order valence-corrected chi connectivity index (χ3v) is 15.6. The minimum Gasteiger partial charge on any atom is -0.458 e. The van der Waals surface area contributed by atoms with Crippen molar-refractivity contribution in [2.24, 2.45) is 0 Å². The topological polar surface area (TPSA) is 27.3 Å². The van der Waals surface area contributed by atoms with Crippen molar-refractivity contribution in [3.05, 3.63) is 206 Å². The second-order valence-electron chi connectivity index (χ2n) is 18.7. The van der Waals surface area contributed by atoms with Gasteiger partial charge in [-0.1, -0.05) is 146 Å². The molecule has 0 amide bonds. The summed E-state index contributed by atoms with van der Waals surface area (Å²) in [6.45, 7) is -0.217. The van der Waals surface area contributed by atoms with Crippen molar-refractivity contribution >= 4 is 107 Å². The van der Waals surface area contributed by atoms with Crippen LogP contribution in [0.3, 0.4) is 0 Å². The fraction of sp³-hybridized carbons (Fsp3) is 0. The predicted molar refractivity (Wildman–Crippen MR) is 279 cm³/mol. The molecule has 17 rings (SSSR count). The summed E-state index contributed by atoms with van der Waals surface area (Å²) in [4.78, 5) is 0. The molecular formula is C60H34B2N4O. The summed E-state index contributed by atoms with van der Waals surface area (Å²) in [5.41, 5.74) is 22.1. The monoisotopic (exact) mass is 848 g/mol. The molecule has 13 aromatic rings. The van der Waals surface area contributed by atoms with E-state index in [2.05, 4.69) is 225 Å². The summed E-state index contributed by atoms with van der Waals surface area (Å²) < 4.78 is 17.5. The SMILES string of the molecule is c1ccc2c(c1)Oc1cc(-n3c4ccccc4c4ccccc43)cc3c1B2N1B2c4c(cc(-n5c6ccccc6c6ccccc65)cc4-n4c5ccccc5c5cccc2c54)-c2cccc-3c21. The maximum absolute atomic E-state index is 7.15. The molecule has 67 heavy (non-hydrogen) atoms. The minimum atomic E-state index is -0.120. The van der Waals surface area contributed by atoms with Crippen LogP contribution in [0.5, 0.6) is 11.5 Å². The lowest BCUT2D eigenvalue weighted by molar-refractivity contribution is 0.487. The largest absolute Gasteiger partial charge is 0.458 e. The van der Waals surface area contributed by atoms with Crippen LogP contribution in [0.4, 0.5) is 5.69 Å². The number of hydrogen-bond acceptors (Lipinski definition) is 2. The van der Waals surface area contributed by atoms with E-state index in [1.165, 1.54) is 121 Å². The smallest absolute Gasteiger partial charge is 0.319 e. The molecule has 5 nitrogen and oxygen atoms in total. The first kappa shape index (κ1) is 34.7. The molecule has 306 valence electrons. The third-order valence-electron chi connectivity index (χ3n) is 15.6. The molecule has 7 heterocycles. The van der Waals surface area contributed by atoms with E-state index >= 15 is 0 Å². The fourth-order valence-corrected chi connectivity index (χ4v) is 13.2. The normalized spacial score (nSPS) is 13.7. The van der Waals surface area contributed by atoms with Crippen LogP contribution >= 0.6 is 0 Å². The molecular weight excluding hydrogens is 814 g/mol. The summed E-state index contributed by atoms with van der Waals surface area (Å²) >= 11 is 0. The van der Waals surface area contributed by atoms with E-state index in [0.717, 1.165) is 22.9 Å². The molecule has 0 aliphatic carbocycles. The summed E-state index contributed by atoms with van der Waals surface area (Å²) in [6.07, 6.45) is 0. The van der Waals surface area contributed by atoms with Crippen LogP contribution in [0.2, 0.25) is 0 Å². The highest BCUT2D eigenvalue weighted by Crippen LogP contribution is 2.51. The van der Waals surface area contributed by atoms with Crippen molar-refractivity contribution in [2.45, 2.75) is 0 Å². The van der Waals surface area contributed by atoms with Crippen molar-refractivity contribution in [1.29, 1.82) is 0 Å². The molecule has 0 fully saturated rings. The lowest BCUT2D eigenvalue weighted by Crippen LogP contribution is -2.73. The zero-order valence-electron chi connectivity index (χ0n) is 36.0. The first-order chi connectivity index (χ1) is 33.3. The second-order valence-corrected chi connectivity index (χ2v) is 18.7. The zero-order valence-corrected chi connectivity index (χ0v) is 36.0. The number of ether oxygens (including phenoxy) is 1. The Morgan fingerprint density at radius 1 is 0.328 bits per heavy atom. The van der Waals surface area contributed by atoms with Crippen molar-refractivity contribution < 1.29 is 4.74 Å². The number of rotatable bonds is 2. The summed E-state index contributed by atoms with van der Waals surface area (Å²) in [5.74, 6) is 1.81. The summed E-state index contributed by atoms with van der Waals surface area (Å²) in [6, 6.07) is 76.8. The van der Waals surface area contributed by atoms with Gasteiger partial charge in [-0.05, 0) is 87.6 Å². The average molecular weight is 849 g/mol. The second kappa shape index (κ2) is 12.2. The Morgan fingerprint density at radius 3 is 1.39 bits per heavy atom. The van der Waals surface area contributed by atoms with E-state index in [-0.39, 0.29) is 13.7 Å². The first-order valence-electron chi connectivity index (χ1n) is 23.3. The molecule has 0 saturated heterocycles. The van der Waals surface area contributed by atoms with E-state index in [1.807, 2.05) is 0 Å². The summed E-state index contributed by atoms with van der Waals surface area (Å²) in [7, 11) is 0. The number of para-hydroxylation sites is 8. The molecule has 0 bridgehead atoms. The number of anilines is 1. The number of aromatic nitrogens is 3. The Labute approximate surface area is 385 Å². The van der Waals surface area contributed by atoms with Crippen molar-refractivity contribution in [1.82, 2.24) is 13.7 Å². The summed E-state index contributed by atoms with van der Waals surface area (Å²) in [5, 5.41) is 7.55. The standard InChI is InChI=1S/C60H34B2N4O/c1-7-25-49-37(15-1)38-16-2-8-26-50(38)63(49)35-31-45-43-20-13-21-44-46-32-36(64-51-27-9-3-17-39(51)40-18-4-10-28-52(40)64)34-56-58(46)61(47-23-6-12-30-55(47)67-56)66(59(43)44)62-48-24-14-22-42-41-19-5-11-29-53(41)65(60(42)48)54(33-35)57(45)62/h1-34H. The Morgan fingerprint density at radius 2 is 0.776 bits per heavy atom. The number of hydrogen-bond donors (Lipinski definition) is 0. The number of nitrogens with zero attached hydrogens (tertiary/aromatic N) is 4. The molecule has 0 unspecified atom stereocenters. The maximum Gasteiger partial charge on any atom is 0.319 e. The van der Waals surface area contributed by atoms with Gasteiger partial charge in [-0.2, -0.15) is 0 Å². The van der Waals surface area contributed by atoms with Gasteiger partial charge in [0.2, 0.25) is 0 Å². The Kier molecular flexibility index (Phi) is 6.30. The minimum absolute atomic E-state index is 0.0967. The van der Waals surface area contributed by atoms with Crippen LogP contribution in [0.25, 0.3) is 105 Å². The highest BCUT2D eigenvalue weighted by Gasteiger charge is 2.53. The van der Waals surface area contributed by atoms with Gasteiger partial charge in [0.15, 0.2) is 0 Å². The lowest BCUT2D eigenvalue weighted by Gasteiger charge is -2.50. The number of benzene rings is 10. The van der Waals surface area contributed by atoms with Gasteiger partial charge in [0.05, 0.1) is 38.8 Å². The zero-order chi connectivity index (χ0) is 43.2. The lowest BCUT2D eigenvalue weighted by atomic mass is 9.32. The van der Waals surface area contributed by atoms with Crippen molar-refractivity contribution in [3.63, 3.8) is 0 Å². The van der Waals surface area contributed by atoms with Crippen LogP contribution in [0.1, 0.15) is 0 Å². The Balaban J connectivity index is 1.03. The maximum atomic E-state index is 7.15. The molecule has 0 spiro atoms. The molecule has 0 saturated carbocycles. The van der Waals surface area contributed by atoms with E-state index in [1.54, 1.807) is 0 Å². The molecule has 3 aromatic heterocycles. The van der Waals surface area contributed by atoms with Crippen LogP contribution in [0, 0.1) is 0 Å². The molecule has 4 aliphatic heterocycles. The van der Waals surface area contributed by atoms with Crippen LogP contribution < -0.4 is 31.3 Å². The van der Waals surface area contributed by atoms with Crippen LogP contribution in [-0.2, 0) is 0 Å². The van der Waals surface area contributed by atoms with Crippen molar-refractivity contribution in [2.75, 3.05) is 4.72 Å². The quantitative estimate of drug-likeness (QED) is 0.162. The van der Waals surface area contributed by atoms with E-state index in [4.69, 9.17) is 4.74 Å². The van der Waals surface area contributed by atoms with Gasteiger partial charge < -0.3 is 23.2 Å². The van der Waals surface area contributed by atoms with Crippen LogP contribution in [-0.4, -0.2) is 27.4 Å². The van der Waals surface area contributed by atoms with Gasteiger partial charge in [0.1, 0.15) is 11.5 Å². The van der Waals surface area contributed by atoms with Gasteiger partial charge in [-0.25, -0.2) is 0 Å². The highest BCUT2D eigenvalue weighted by molar-refractivity contribution is 7.08. The Hall–Kier alpha value is -8.67. The van der Waals surface area contributed by atoms with E-state index in [9.17, 15) is 0 Å². The van der Waals surface area contributed by atoms with Gasteiger partial charge in [0.25, 0.3) is 0 Å². The highest BCUT2D eigenvalue weighted by atomic mass is 16.5. The van der Waals surface area contributed by atoms with Crippen LogP contribution in [0.15, 0.2) is 206 Å². The Bertz CT molecular complexity index is 4320. The molecule has 4 aliphatic rings. The molecule has 10 aromatic carbocycles. The van der Waals surface area contributed by atoms with Gasteiger partial charge >= 0.3 is 13.7 Å². The molecule has 0 atom stereocenters. The van der Waals surface area contributed by atoms with Gasteiger partial charge in [-0.15, -0.1) is 0 Å². The van der Waals surface area contributed by atoms with Crippen molar-refractivity contribution in [3.8, 4) is 50.8 Å².